The standard InChI is InChI=1S/C24H36IN/c1-26(2)23(25)11-7-6-10-22(21-8-4-3-5-9-21)24-15-18-12-19(16-24)14-20(13-18)17-24/h3-5,8-9,18-20,22-23H,6-7,10-17H2,1-2H3. The van der Waals surface area contributed by atoms with Crippen molar-refractivity contribution in [3.05, 3.63) is 35.9 Å². The van der Waals surface area contributed by atoms with Gasteiger partial charge >= 0.3 is 0 Å². The van der Waals surface area contributed by atoms with Crippen molar-refractivity contribution in [2.75, 3.05) is 14.1 Å². The van der Waals surface area contributed by atoms with E-state index in [2.05, 4.69) is 71.9 Å². The van der Waals surface area contributed by atoms with Gasteiger partial charge in [-0.3, -0.25) is 4.90 Å². The molecule has 2 heteroatoms. The van der Waals surface area contributed by atoms with Crippen molar-refractivity contribution >= 4 is 22.6 Å². The SMILES string of the molecule is CN(C)C(I)CCCCC(c1ccccc1)C12CC3CC(CC(C3)C1)C2. The molecule has 0 N–H and O–H groups in total. The average Bonchev–Trinajstić information content (AvgIpc) is 2.60. The molecular formula is C24H36IN. The smallest absolute Gasteiger partial charge is 0.0613 e. The minimum Gasteiger partial charge on any atom is -0.298 e. The molecule has 4 fully saturated rings. The first kappa shape index (κ1) is 19.2. The molecule has 0 spiro atoms. The largest absolute Gasteiger partial charge is 0.298 e. The second-order valence-corrected chi connectivity index (χ2v) is 11.4. The maximum atomic E-state index is 2.60. The number of unbranched alkanes of at least 4 members (excludes halogenated alkanes) is 1. The molecule has 2 unspecified atom stereocenters. The normalized spacial score (nSPS) is 35.0. The molecule has 144 valence electrons. The number of hydrogen-bond donors (Lipinski definition) is 0. The highest BCUT2D eigenvalue weighted by Gasteiger charge is 2.53. The van der Waals surface area contributed by atoms with Crippen molar-refractivity contribution in [1.82, 2.24) is 4.90 Å². The highest BCUT2D eigenvalue weighted by molar-refractivity contribution is 14.1. The Bertz CT molecular complexity index is 546. The summed E-state index contributed by atoms with van der Waals surface area (Å²) in [7, 11) is 4.42. The third-order valence-corrected chi connectivity index (χ3v) is 9.51. The van der Waals surface area contributed by atoms with Crippen LogP contribution >= 0.6 is 22.6 Å². The van der Waals surface area contributed by atoms with Crippen molar-refractivity contribution in [1.29, 1.82) is 0 Å². The fraction of sp³-hybridized carbons (Fsp3) is 0.750. The summed E-state index contributed by atoms with van der Waals surface area (Å²) in [6.07, 6.45) is 14.8. The molecule has 4 saturated carbocycles. The summed E-state index contributed by atoms with van der Waals surface area (Å²) in [5.41, 5.74) is 2.29. The van der Waals surface area contributed by atoms with Gasteiger partial charge in [0, 0.05) is 0 Å². The fourth-order valence-corrected chi connectivity index (χ4v) is 7.48. The van der Waals surface area contributed by atoms with E-state index in [9.17, 15) is 0 Å². The first-order chi connectivity index (χ1) is 12.6. The molecule has 0 amide bonds. The number of alkyl halides is 1. The second-order valence-electron chi connectivity index (χ2n) is 9.93. The Labute approximate surface area is 174 Å². The van der Waals surface area contributed by atoms with E-state index >= 15 is 0 Å². The lowest BCUT2D eigenvalue weighted by Crippen LogP contribution is -2.48. The van der Waals surface area contributed by atoms with Gasteiger partial charge in [0.15, 0.2) is 0 Å². The predicted octanol–water partition coefficient (Wildman–Crippen LogP) is 6.87. The van der Waals surface area contributed by atoms with E-state index in [-0.39, 0.29) is 0 Å². The van der Waals surface area contributed by atoms with Crippen LogP contribution in [-0.4, -0.2) is 23.0 Å². The van der Waals surface area contributed by atoms with Gasteiger partial charge in [-0.05, 0) is 100 Å². The second kappa shape index (κ2) is 8.11. The summed E-state index contributed by atoms with van der Waals surface area (Å²) in [6, 6.07) is 11.6. The Morgan fingerprint density at radius 2 is 1.46 bits per heavy atom. The topological polar surface area (TPSA) is 3.24 Å². The van der Waals surface area contributed by atoms with Gasteiger partial charge in [-0.15, -0.1) is 0 Å². The van der Waals surface area contributed by atoms with Crippen molar-refractivity contribution < 1.29 is 0 Å². The number of benzene rings is 1. The van der Waals surface area contributed by atoms with Crippen LogP contribution in [0, 0.1) is 23.2 Å². The molecular weight excluding hydrogens is 429 g/mol. The number of halogens is 1. The zero-order valence-corrected chi connectivity index (χ0v) is 18.8. The number of rotatable bonds is 8. The maximum absolute atomic E-state index is 2.60. The minimum absolute atomic E-state index is 0.640. The van der Waals surface area contributed by atoms with Crippen LogP contribution < -0.4 is 0 Å². The Hall–Kier alpha value is -0.0900. The molecule has 1 nitrogen and oxygen atoms in total. The Kier molecular flexibility index (Phi) is 6.00. The van der Waals surface area contributed by atoms with E-state index in [0.29, 0.717) is 9.46 Å². The quantitative estimate of drug-likeness (QED) is 0.175. The van der Waals surface area contributed by atoms with Crippen molar-refractivity contribution in [2.45, 2.75) is 74.2 Å². The van der Waals surface area contributed by atoms with Gasteiger partial charge in [-0.2, -0.15) is 0 Å². The number of hydrogen-bond acceptors (Lipinski definition) is 1. The molecule has 0 aromatic heterocycles. The monoisotopic (exact) mass is 465 g/mol. The zero-order chi connectivity index (χ0) is 18.1. The molecule has 4 aliphatic carbocycles. The van der Waals surface area contributed by atoms with Crippen LogP contribution in [0.4, 0.5) is 0 Å². The van der Waals surface area contributed by atoms with E-state index < -0.39 is 0 Å². The van der Waals surface area contributed by atoms with Crippen LogP contribution in [0.3, 0.4) is 0 Å². The zero-order valence-electron chi connectivity index (χ0n) is 16.7. The van der Waals surface area contributed by atoms with E-state index in [4.69, 9.17) is 0 Å². The molecule has 5 rings (SSSR count). The minimum atomic E-state index is 0.640. The van der Waals surface area contributed by atoms with Gasteiger partial charge in [0.2, 0.25) is 0 Å². The van der Waals surface area contributed by atoms with E-state index in [1.165, 1.54) is 44.9 Å². The van der Waals surface area contributed by atoms with Crippen molar-refractivity contribution in [3.8, 4) is 0 Å². The molecule has 0 aliphatic heterocycles. The van der Waals surface area contributed by atoms with Gasteiger partial charge in [-0.25, -0.2) is 0 Å². The molecule has 4 bridgehead atoms. The van der Waals surface area contributed by atoms with Gasteiger partial charge < -0.3 is 0 Å². The van der Waals surface area contributed by atoms with Crippen LogP contribution in [0.2, 0.25) is 0 Å². The van der Waals surface area contributed by atoms with E-state index in [1.807, 2.05) is 0 Å². The van der Waals surface area contributed by atoms with Crippen LogP contribution in [-0.2, 0) is 0 Å². The van der Waals surface area contributed by atoms with Gasteiger partial charge in [-0.1, -0.05) is 65.8 Å². The van der Waals surface area contributed by atoms with Crippen LogP contribution in [0.5, 0.6) is 0 Å². The summed E-state index contributed by atoms with van der Waals surface area (Å²) in [5, 5.41) is 0. The van der Waals surface area contributed by atoms with Crippen LogP contribution in [0.15, 0.2) is 30.3 Å². The Balaban J connectivity index is 1.47. The highest BCUT2D eigenvalue weighted by atomic mass is 127. The molecule has 1 aromatic rings. The van der Waals surface area contributed by atoms with Crippen molar-refractivity contribution in [2.24, 2.45) is 23.2 Å². The van der Waals surface area contributed by atoms with Crippen LogP contribution in [0.25, 0.3) is 0 Å². The lowest BCUT2D eigenvalue weighted by atomic mass is 9.45. The summed E-state index contributed by atoms with van der Waals surface area (Å²) < 4.78 is 0.683. The molecule has 26 heavy (non-hydrogen) atoms. The summed E-state index contributed by atoms with van der Waals surface area (Å²) >= 11 is 2.60. The van der Waals surface area contributed by atoms with Gasteiger partial charge in [0.05, 0.1) is 4.05 Å². The first-order valence-corrected chi connectivity index (χ1v) is 12.2. The van der Waals surface area contributed by atoms with E-state index in [1.54, 1.807) is 24.8 Å². The van der Waals surface area contributed by atoms with Gasteiger partial charge in [0.1, 0.15) is 0 Å². The highest BCUT2D eigenvalue weighted by Crippen LogP contribution is 2.65. The van der Waals surface area contributed by atoms with Gasteiger partial charge in [0.25, 0.3) is 0 Å². The lowest BCUT2D eigenvalue weighted by molar-refractivity contribution is -0.0704. The van der Waals surface area contributed by atoms with E-state index in [0.717, 1.165) is 23.7 Å². The molecule has 4 aliphatic rings. The van der Waals surface area contributed by atoms with Crippen molar-refractivity contribution in [3.63, 3.8) is 0 Å². The third-order valence-electron chi connectivity index (χ3n) is 7.77. The molecule has 1 aromatic carbocycles. The molecule has 0 radical (unpaired) electrons. The predicted molar refractivity (Wildman–Crippen MR) is 120 cm³/mol. The summed E-state index contributed by atoms with van der Waals surface area (Å²) in [5.74, 6) is 3.98. The average molecular weight is 465 g/mol. The lowest BCUT2D eigenvalue weighted by Gasteiger charge is -2.60. The molecule has 0 heterocycles. The third kappa shape index (κ3) is 4.01. The number of nitrogens with zero attached hydrogens (tertiary/aromatic N) is 1. The Morgan fingerprint density at radius 1 is 0.923 bits per heavy atom. The maximum Gasteiger partial charge on any atom is 0.0613 e. The Morgan fingerprint density at radius 3 is 2.00 bits per heavy atom. The first-order valence-electron chi connectivity index (χ1n) is 10.9. The van der Waals surface area contributed by atoms with Crippen LogP contribution in [0.1, 0.15) is 75.7 Å². The fourth-order valence-electron chi connectivity index (χ4n) is 7.04. The summed E-state index contributed by atoms with van der Waals surface area (Å²) in [4.78, 5) is 2.36. The molecule has 0 saturated heterocycles. The molecule has 2 atom stereocenters. The summed E-state index contributed by atoms with van der Waals surface area (Å²) in [6.45, 7) is 0.